The van der Waals surface area contributed by atoms with Crippen LogP contribution in [0.2, 0.25) is 5.02 Å². The Morgan fingerprint density at radius 2 is 1.97 bits per heavy atom. The summed E-state index contributed by atoms with van der Waals surface area (Å²) < 4.78 is 5.73. The Bertz CT molecular complexity index is 985. The standard InChI is InChI=1S/C20H19ClN6O3/c1-2-3-8-25-9-11-26(12-10-25)20(29)30-19-17-16(22-6-7-23-17)18(28)27(19)15-5-4-14(21)13-24-15/h1,4-7,13,19H,3,8-12H2/t19-/m0/s1. The highest BCUT2D eigenvalue weighted by Gasteiger charge is 2.44. The number of aromatic nitrogens is 3. The third kappa shape index (κ3) is 3.92. The summed E-state index contributed by atoms with van der Waals surface area (Å²) in [6.07, 6.45) is 8.70. The lowest BCUT2D eigenvalue weighted by Gasteiger charge is -2.34. The minimum Gasteiger partial charge on any atom is -0.419 e. The predicted molar refractivity (Wildman–Crippen MR) is 109 cm³/mol. The Kier molecular flexibility index (Phi) is 5.79. The topological polar surface area (TPSA) is 91.8 Å². The van der Waals surface area contributed by atoms with Gasteiger partial charge in [0.25, 0.3) is 5.91 Å². The van der Waals surface area contributed by atoms with Gasteiger partial charge in [-0.2, -0.15) is 0 Å². The van der Waals surface area contributed by atoms with Crippen LogP contribution in [0, 0.1) is 12.3 Å². The Morgan fingerprint density at radius 3 is 2.67 bits per heavy atom. The van der Waals surface area contributed by atoms with E-state index in [-0.39, 0.29) is 11.4 Å². The van der Waals surface area contributed by atoms with Gasteiger partial charge in [0, 0.05) is 57.7 Å². The van der Waals surface area contributed by atoms with Crippen LogP contribution in [0.5, 0.6) is 0 Å². The second kappa shape index (κ2) is 8.65. The van der Waals surface area contributed by atoms with Gasteiger partial charge in [0.2, 0.25) is 6.23 Å². The quantitative estimate of drug-likeness (QED) is 0.690. The Labute approximate surface area is 178 Å². The van der Waals surface area contributed by atoms with Crippen molar-refractivity contribution in [2.24, 2.45) is 0 Å². The molecule has 2 amide bonds. The van der Waals surface area contributed by atoms with E-state index in [2.05, 4.69) is 25.8 Å². The fourth-order valence-corrected chi connectivity index (χ4v) is 3.54. The number of piperazine rings is 1. The third-order valence-electron chi connectivity index (χ3n) is 4.99. The van der Waals surface area contributed by atoms with Crippen molar-refractivity contribution in [3.05, 3.63) is 47.1 Å². The van der Waals surface area contributed by atoms with Crippen molar-refractivity contribution in [1.82, 2.24) is 24.8 Å². The highest BCUT2D eigenvalue weighted by molar-refractivity contribution is 6.30. The molecule has 0 aliphatic carbocycles. The first kappa shape index (κ1) is 20.1. The normalized spacial score (nSPS) is 18.8. The molecule has 2 aliphatic heterocycles. The summed E-state index contributed by atoms with van der Waals surface area (Å²) in [7, 11) is 0. The van der Waals surface area contributed by atoms with Crippen LogP contribution in [0.1, 0.15) is 28.8 Å². The van der Waals surface area contributed by atoms with Crippen LogP contribution in [-0.4, -0.2) is 69.5 Å². The van der Waals surface area contributed by atoms with Crippen molar-refractivity contribution in [2.75, 3.05) is 37.6 Å². The Hall–Kier alpha value is -3.22. The van der Waals surface area contributed by atoms with Crippen molar-refractivity contribution in [2.45, 2.75) is 12.6 Å². The molecule has 30 heavy (non-hydrogen) atoms. The molecule has 0 N–H and O–H groups in total. The molecule has 1 atom stereocenters. The molecule has 2 aromatic heterocycles. The smallest absolute Gasteiger partial charge is 0.412 e. The molecule has 10 heteroatoms. The van der Waals surface area contributed by atoms with E-state index >= 15 is 0 Å². The fraction of sp³-hybridized carbons (Fsp3) is 0.350. The third-order valence-corrected chi connectivity index (χ3v) is 5.21. The maximum absolute atomic E-state index is 12.9. The van der Waals surface area contributed by atoms with Gasteiger partial charge in [-0.3, -0.25) is 14.7 Å². The number of pyridine rings is 1. The lowest BCUT2D eigenvalue weighted by molar-refractivity contribution is 0.0449. The van der Waals surface area contributed by atoms with E-state index in [9.17, 15) is 9.59 Å². The zero-order chi connectivity index (χ0) is 21.1. The first-order valence-corrected chi connectivity index (χ1v) is 9.83. The molecule has 1 saturated heterocycles. The number of fused-ring (bicyclic) bond motifs is 1. The first-order valence-electron chi connectivity index (χ1n) is 9.46. The Balaban J connectivity index is 1.52. The maximum Gasteiger partial charge on any atom is 0.412 e. The lowest BCUT2D eigenvalue weighted by atomic mass is 10.3. The number of terminal acetylenes is 1. The van der Waals surface area contributed by atoms with Crippen molar-refractivity contribution in [3.8, 4) is 12.3 Å². The summed E-state index contributed by atoms with van der Waals surface area (Å²) in [4.78, 5) is 43.4. The SMILES string of the molecule is C#CCCN1CCN(C(=O)O[C@H]2c3nccnc3C(=O)N2c2ccc(Cl)cn2)CC1. The average molecular weight is 427 g/mol. The second-order valence-electron chi connectivity index (χ2n) is 6.82. The van der Waals surface area contributed by atoms with Gasteiger partial charge in [0.15, 0.2) is 5.69 Å². The minimum absolute atomic E-state index is 0.131. The molecular weight excluding hydrogens is 408 g/mol. The van der Waals surface area contributed by atoms with Gasteiger partial charge in [-0.1, -0.05) is 11.6 Å². The van der Waals surface area contributed by atoms with Crippen LogP contribution in [-0.2, 0) is 4.74 Å². The summed E-state index contributed by atoms with van der Waals surface area (Å²) in [5.74, 6) is 2.48. The summed E-state index contributed by atoms with van der Waals surface area (Å²) in [6.45, 7) is 3.24. The molecule has 2 aliphatic rings. The van der Waals surface area contributed by atoms with Crippen molar-refractivity contribution in [3.63, 3.8) is 0 Å². The first-order chi connectivity index (χ1) is 14.6. The van der Waals surface area contributed by atoms with E-state index in [0.29, 0.717) is 43.4 Å². The molecule has 0 radical (unpaired) electrons. The molecule has 9 nitrogen and oxygen atoms in total. The number of rotatable bonds is 4. The summed E-state index contributed by atoms with van der Waals surface area (Å²) in [5.41, 5.74) is 0.409. The molecule has 0 unspecified atom stereocenters. The van der Waals surface area contributed by atoms with Crippen molar-refractivity contribution >= 4 is 29.4 Å². The number of carbonyl (C=O) groups is 2. The van der Waals surface area contributed by atoms with E-state index in [1.54, 1.807) is 17.0 Å². The molecule has 4 rings (SSSR count). The summed E-state index contributed by atoms with van der Waals surface area (Å²) >= 11 is 5.91. The van der Waals surface area contributed by atoms with Gasteiger partial charge in [-0.05, 0) is 12.1 Å². The minimum atomic E-state index is -1.05. The molecule has 0 saturated carbocycles. The van der Waals surface area contributed by atoms with Gasteiger partial charge in [0.1, 0.15) is 11.5 Å². The highest BCUT2D eigenvalue weighted by atomic mass is 35.5. The van der Waals surface area contributed by atoms with Gasteiger partial charge in [0.05, 0.1) is 5.02 Å². The number of anilines is 1. The number of amides is 2. The van der Waals surface area contributed by atoms with E-state index in [0.717, 1.165) is 6.54 Å². The molecular formula is C20H19ClN6O3. The maximum atomic E-state index is 12.9. The number of carbonyl (C=O) groups excluding carboxylic acids is 2. The van der Waals surface area contributed by atoms with E-state index in [1.807, 2.05) is 0 Å². The average Bonchev–Trinajstić information content (AvgIpc) is 3.05. The van der Waals surface area contributed by atoms with E-state index < -0.39 is 18.2 Å². The molecule has 1 fully saturated rings. The molecule has 2 aromatic rings. The van der Waals surface area contributed by atoms with Crippen LogP contribution in [0.25, 0.3) is 0 Å². The molecule has 0 aromatic carbocycles. The van der Waals surface area contributed by atoms with E-state index in [4.69, 9.17) is 22.8 Å². The number of ether oxygens (including phenoxy) is 1. The largest absolute Gasteiger partial charge is 0.419 e. The molecule has 0 bridgehead atoms. The summed E-state index contributed by atoms with van der Waals surface area (Å²) in [5, 5.41) is 0.426. The number of hydrogen-bond acceptors (Lipinski definition) is 7. The Morgan fingerprint density at radius 1 is 1.20 bits per heavy atom. The second-order valence-corrected chi connectivity index (χ2v) is 7.26. The molecule has 4 heterocycles. The van der Waals surface area contributed by atoms with Crippen LogP contribution in [0.4, 0.5) is 10.6 Å². The van der Waals surface area contributed by atoms with Crippen LogP contribution in [0.15, 0.2) is 30.7 Å². The zero-order valence-electron chi connectivity index (χ0n) is 16.1. The zero-order valence-corrected chi connectivity index (χ0v) is 16.8. The fourth-order valence-electron chi connectivity index (χ4n) is 3.43. The monoisotopic (exact) mass is 426 g/mol. The number of halogens is 1. The van der Waals surface area contributed by atoms with Crippen LogP contribution < -0.4 is 4.90 Å². The van der Waals surface area contributed by atoms with Gasteiger partial charge in [-0.15, -0.1) is 12.3 Å². The summed E-state index contributed by atoms with van der Waals surface area (Å²) in [6, 6.07) is 3.19. The number of hydrogen-bond donors (Lipinski definition) is 0. The number of nitrogens with zero attached hydrogens (tertiary/aromatic N) is 6. The van der Waals surface area contributed by atoms with Gasteiger partial charge < -0.3 is 9.64 Å². The van der Waals surface area contributed by atoms with Gasteiger partial charge >= 0.3 is 6.09 Å². The van der Waals surface area contributed by atoms with Crippen LogP contribution in [0.3, 0.4) is 0 Å². The van der Waals surface area contributed by atoms with E-state index in [1.165, 1.54) is 23.5 Å². The highest BCUT2D eigenvalue weighted by Crippen LogP contribution is 2.35. The lowest BCUT2D eigenvalue weighted by Crippen LogP contribution is -2.49. The molecule has 154 valence electrons. The molecule has 0 spiro atoms. The van der Waals surface area contributed by atoms with Crippen molar-refractivity contribution in [1.29, 1.82) is 0 Å². The van der Waals surface area contributed by atoms with Crippen LogP contribution >= 0.6 is 11.6 Å². The predicted octanol–water partition coefficient (Wildman–Crippen LogP) is 1.96. The van der Waals surface area contributed by atoms with Crippen molar-refractivity contribution < 1.29 is 14.3 Å². The van der Waals surface area contributed by atoms with Gasteiger partial charge in [-0.25, -0.2) is 19.7 Å².